The van der Waals surface area contributed by atoms with Crippen molar-refractivity contribution in [1.29, 1.82) is 0 Å². The third-order valence-corrected chi connectivity index (χ3v) is 8.78. The Morgan fingerprint density at radius 3 is 1.84 bits per heavy atom. The molecule has 3 heteroatoms. The number of pyridine rings is 1. The lowest BCUT2D eigenvalue weighted by atomic mass is 9.99. The maximum absolute atomic E-state index is 4.90. The van der Waals surface area contributed by atoms with Crippen molar-refractivity contribution < 1.29 is 0 Å². The molecule has 0 N–H and O–H groups in total. The quantitative estimate of drug-likeness (QED) is 0.210. The molecule has 6 aromatic carbocycles. The first kappa shape index (κ1) is 24.6. The maximum Gasteiger partial charge on any atom is 0.0969 e. The molecule has 0 radical (unpaired) electrons. The third kappa shape index (κ3) is 3.73. The third-order valence-electron chi connectivity index (χ3n) is 8.78. The molecule has 0 aliphatic rings. The predicted molar refractivity (Wildman–Crippen MR) is 184 cm³/mol. The van der Waals surface area contributed by atoms with E-state index in [-0.39, 0.29) is 0 Å². The summed E-state index contributed by atoms with van der Waals surface area (Å²) < 4.78 is 4.71. The van der Waals surface area contributed by atoms with E-state index >= 15 is 0 Å². The molecule has 0 spiro atoms. The van der Waals surface area contributed by atoms with Gasteiger partial charge in [0.05, 0.1) is 27.6 Å². The molecule has 9 aromatic rings. The Labute approximate surface area is 254 Å². The highest BCUT2D eigenvalue weighted by molar-refractivity contribution is 6.16. The Hall–Kier alpha value is -5.93. The molecule has 44 heavy (non-hydrogen) atoms. The Balaban J connectivity index is 1.26. The van der Waals surface area contributed by atoms with E-state index in [1.165, 1.54) is 49.4 Å². The summed E-state index contributed by atoms with van der Waals surface area (Å²) in [6.07, 6.45) is 1.90. The molecule has 3 heterocycles. The van der Waals surface area contributed by atoms with Gasteiger partial charge in [0, 0.05) is 33.7 Å². The van der Waals surface area contributed by atoms with Gasteiger partial charge in [0.15, 0.2) is 0 Å². The Morgan fingerprint density at radius 1 is 0.386 bits per heavy atom. The van der Waals surface area contributed by atoms with Crippen molar-refractivity contribution in [3.63, 3.8) is 0 Å². The summed E-state index contributed by atoms with van der Waals surface area (Å²) in [5.74, 6) is 0. The van der Waals surface area contributed by atoms with E-state index in [1.54, 1.807) is 0 Å². The molecule has 0 aliphatic heterocycles. The molecule has 0 saturated heterocycles. The molecule has 3 nitrogen and oxygen atoms in total. The topological polar surface area (TPSA) is 22.8 Å². The van der Waals surface area contributed by atoms with E-state index in [4.69, 9.17) is 4.98 Å². The second-order valence-electron chi connectivity index (χ2n) is 11.2. The van der Waals surface area contributed by atoms with Gasteiger partial charge >= 0.3 is 0 Å². The number of aromatic nitrogens is 3. The van der Waals surface area contributed by atoms with Crippen LogP contribution in [0.2, 0.25) is 0 Å². The zero-order valence-corrected chi connectivity index (χ0v) is 23.9. The molecule has 0 aliphatic carbocycles. The molecule has 0 unspecified atom stereocenters. The van der Waals surface area contributed by atoms with Crippen LogP contribution in [0.5, 0.6) is 0 Å². The Kier molecular flexibility index (Phi) is 5.50. The SMILES string of the molecule is c1ccc(-c2ccc(-n3c4ccccc4c4cc(-c5cccc6c5c5ncccc5n6-c5ccccc5)ccc43)cc2)cc1. The van der Waals surface area contributed by atoms with E-state index in [0.29, 0.717) is 0 Å². The first-order valence-corrected chi connectivity index (χ1v) is 15.0. The van der Waals surface area contributed by atoms with Gasteiger partial charge < -0.3 is 9.13 Å². The van der Waals surface area contributed by atoms with E-state index < -0.39 is 0 Å². The Bertz CT molecular complexity index is 2470. The maximum atomic E-state index is 4.90. The van der Waals surface area contributed by atoms with E-state index in [0.717, 1.165) is 27.9 Å². The highest BCUT2D eigenvalue weighted by Gasteiger charge is 2.18. The van der Waals surface area contributed by atoms with Crippen LogP contribution in [0, 0.1) is 0 Å². The largest absolute Gasteiger partial charge is 0.309 e. The van der Waals surface area contributed by atoms with Crippen molar-refractivity contribution in [2.45, 2.75) is 0 Å². The first-order valence-electron chi connectivity index (χ1n) is 15.0. The summed E-state index contributed by atoms with van der Waals surface area (Å²) in [7, 11) is 0. The molecule has 9 rings (SSSR count). The van der Waals surface area contributed by atoms with Crippen LogP contribution in [0.1, 0.15) is 0 Å². The minimum atomic E-state index is 1.02. The molecule has 3 aromatic heterocycles. The van der Waals surface area contributed by atoms with Gasteiger partial charge in [-0.15, -0.1) is 0 Å². The molecule has 0 saturated carbocycles. The summed E-state index contributed by atoms with van der Waals surface area (Å²) in [6, 6.07) is 56.4. The molecular weight excluding hydrogens is 534 g/mol. The van der Waals surface area contributed by atoms with Gasteiger partial charge in [-0.1, -0.05) is 97.1 Å². The molecule has 0 bridgehead atoms. The number of hydrogen-bond donors (Lipinski definition) is 0. The molecular formula is C41H27N3. The van der Waals surface area contributed by atoms with Crippen LogP contribution in [0.25, 0.3) is 77.4 Å². The smallest absolute Gasteiger partial charge is 0.0969 e. The summed E-state index contributed by atoms with van der Waals surface area (Å²) >= 11 is 0. The van der Waals surface area contributed by atoms with Gasteiger partial charge in [-0.3, -0.25) is 4.98 Å². The normalized spacial score (nSPS) is 11.6. The summed E-state index contributed by atoms with van der Waals surface area (Å²) in [4.78, 5) is 4.90. The van der Waals surface area contributed by atoms with Crippen LogP contribution in [0.3, 0.4) is 0 Å². The minimum absolute atomic E-state index is 1.02. The summed E-state index contributed by atoms with van der Waals surface area (Å²) in [5.41, 5.74) is 12.8. The van der Waals surface area contributed by atoms with Crippen LogP contribution in [0.15, 0.2) is 164 Å². The number of para-hydroxylation sites is 2. The monoisotopic (exact) mass is 561 g/mol. The fourth-order valence-electron chi connectivity index (χ4n) is 6.82. The lowest BCUT2D eigenvalue weighted by molar-refractivity contribution is 1.18. The summed E-state index contributed by atoms with van der Waals surface area (Å²) in [6.45, 7) is 0. The second kappa shape index (κ2) is 9.82. The molecule has 0 amide bonds. The van der Waals surface area contributed by atoms with Gasteiger partial charge in [0.2, 0.25) is 0 Å². The molecule has 0 atom stereocenters. The van der Waals surface area contributed by atoms with Gasteiger partial charge in [0.25, 0.3) is 0 Å². The van der Waals surface area contributed by atoms with Gasteiger partial charge in [-0.25, -0.2) is 0 Å². The van der Waals surface area contributed by atoms with E-state index in [2.05, 4.69) is 161 Å². The van der Waals surface area contributed by atoms with Crippen molar-refractivity contribution in [1.82, 2.24) is 14.1 Å². The highest BCUT2D eigenvalue weighted by Crippen LogP contribution is 2.40. The van der Waals surface area contributed by atoms with Crippen molar-refractivity contribution in [2.24, 2.45) is 0 Å². The summed E-state index contributed by atoms with van der Waals surface area (Å²) in [5, 5.41) is 3.65. The van der Waals surface area contributed by atoms with Crippen molar-refractivity contribution in [3.8, 4) is 33.6 Å². The average molecular weight is 562 g/mol. The van der Waals surface area contributed by atoms with Crippen LogP contribution in [0.4, 0.5) is 0 Å². The number of rotatable bonds is 4. The molecule has 0 fully saturated rings. The predicted octanol–water partition coefficient (Wildman–Crippen LogP) is 10.6. The zero-order valence-electron chi connectivity index (χ0n) is 23.9. The zero-order chi connectivity index (χ0) is 29.0. The van der Waals surface area contributed by atoms with Gasteiger partial charge in [-0.2, -0.15) is 0 Å². The van der Waals surface area contributed by atoms with Crippen LogP contribution >= 0.6 is 0 Å². The fraction of sp³-hybridized carbons (Fsp3) is 0. The van der Waals surface area contributed by atoms with Crippen molar-refractivity contribution in [3.05, 3.63) is 164 Å². The van der Waals surface area contributed by atoms with E-state index in [9.17, 15) is 0 Å². The second-order valence-corrected chi connectivity index (χ2v) is 11.2. The molecule has 206 valence electrons. The van der Waals surface area contributed by atoms with Crippen LogP contribution in [-0.4, -0.2) is 14.1 Å². The lowest BCUT2D eigenvalue weighted by Gasteiger charge is -2.10. The Morgan fingerprint density at radius 2 is 1.00 bits per heavy atom. The van der Waals surface area contributed by atoms with E-state index in [1.807, 2.05) is 12.3 Å². The van der Waals surface area contributed by atoms with Crippen LogP contribution < -0.4 is 0 Å². The van der Waals surface area contributed by atoms with Crippen molar-refractivity contribution in [2.75, 3.05) is 0 Å². The standard InChI is InChI=1S/C41H27N3/c1-3-11-28(12-4-1)29-20-23-32(24-21-29)43-36-17-8-7-15-34(36)35-27-30(22-25-37(35)43)33-16-9-18-38-40(33)41-39(19-10-26-42-41)44(38)31-13-5-2-6-14-31/h1-27H. The number of benzene rings is 6. The number of fused-ring (bicyclic) bond motifs is 6. The minimum Gasteiger partial charge on any atom is -0.309 e. The first-order chi connectivity index (χ1) is 21.8. The van der Waals surface area contributed by atoms with Gasteiger partial charge in [-0.05, 0) is 82.9 Å². The lowest BCUT2D eigenvalue weighted by Crippen LogP contribution is -1.94. The fourth-order valence-corrected chi connectivity index (χ4v) is 6.82. The van der Waals surface area contributed by atoms with Gasteiger partial charge in [0.1, 0.15) is 0 Å². The average Bonchev–Trinajstić information content (AvgIpc) is 3.62. The van der Waals surface area contributed by atoms with Crippen molar-refractivity contribution >= 4 is 43.7 Å². The number of hydrogen-bond acceptors (Lipinski definition) is 1. The van der Waals surface area contributed by atoms with Crippen LogP contribution in [-0.2, 0) is 0 Å². The number of nitrogens with zero attached hydrogens (tertiary/aromatic N) is 3. The highest BCUT2D eigenvalue weighted by atomic mass is 15.0.